The van der Waals surface area contributed by atoms with Crippen molar-refractivity contribution in [2.75, 3.05) is 0 Å². The molecule has 0 heteroatoms. The van der Waals surface area contributed by atoms with Crippen LogP contribution in [0.4, 0.5) is 0 Å². The van der Waals surface area contributed by atoms with Crippen molar-refractivity contribution in [2.24, 2.45) is 5.92 Å². The molecule has 7 aromatic rings. The largest absolute Gasteiger partial charge is 0.0716 e. The van der Waals surface area contributed by atoms with E-state index < -0.39 is 0 Å². The molecule has 0 bridgehead atoms. The van der Waals surface area contributed by atoms with Gasteiger partial charge in [0.05, 0.1) is 0 Å². The molecule has 2 unspecified atom stereocenters. The lowest BCUT2D eigenvalue weighted by Crippen LogP contribution is -2.36. The van der Waals surface area contributed by atoms with E-state index in [2.05, 4.69) is 133 Å². The van der Waals surface area contributed by atoms with E-state index in [9.17, 15) is 0 Å². The molecule has 5 aliphatic carbocycles. The minimum atomic E-state index is 0.227. The van der Waals surface area contributed by atoms with Crippen LogP contribution in [-0.4, -0.2) is 0 Å². The molecule has 2 fully saturated rings. The predicted molar refractivity (Wildman–Crippen MR) is 219 cm³/mol. The van der Waals surface area contributed by atoms with Gasteiger partial charge >= 0.3 is 0 Å². The Kier molecular flexibility index (Phi) is 6.15. The summed E-state index contributed by atoms with van der Waals surface area (Å²) < 4.78 is 0. The Balaban J connectivity index is 0.957. The van der Waals surface area contributed by atoms with E-state index >= 15 is 0 Å². The third kappa shape index (κ3) is 3.88. The van der Waals surface area contributed by atoms with E-state index in [1.165, 1.54) is 119 Å². The number of hydrogen-bond acceptors (Lipinski definition) is 0. The normalized spacial score (nSPS) is 22.4. The molecule has 0 radical (unpaired) electrons. The SMILES string of the molecule is C1=C2C(=CC3c4ccc(-c5ccc(-c6ccc7ccc8cccc9ccc6c7c89)cc5)cc4C4(CCCCC4)C13)C1(CCCCC1)c1ccccc12. The van der Waals surface area contributed by atoms with Crippen molar-refractivity contribution in [3.63, 3.8) is 0 Å². The fourth-order valence-corrected chi connectivity index (χ4v) is 12.4. The molecule has 2 spiro atoms. The molecule has 0 aromatic heterocycles. The zero-order chi connectivity index (χ0) is 34.0. The van der Waals surface area contributed by atoms with Gasteiger partial charge in [0.15, 0.2) is 0 Å². The highest BCUT2D eigenvalue weighted by molar-refractivity contribution is 6.25. The lowest BCUT2D eigenvalue weighted by molar-refractivity contribution is 0.232. The third-order valence-electron chi connectivity index (χ3n) is 14.7. The number of benzene rings is 7. The highest BCUT2D eigenvalue weighted by Gasteiger charge is 2.55. The molecule has 12 rings (SSSR count). The average molecular weight is 669 g/mol. The minimum absolute atomic E-state index is 0.227. The molecule has 0 saturated heterocycles. The quantitative estimate of drug-likeness (QED) is 0.161. The van der Waals surface area contributed by atoms with E-state index in [0.29, 0.717) is 11.8 Å². The summed E-state index contributed by atoms with van der Waals surface area (Å²) in [4.78, 5) is 0. The maximum atomic E-state index is 2.82. The molecule has 0 heterocycles. The van der Waals surface area contributed by atoms with Crippen LogP contribution in [0.25, 0.3) is 60.1 Å². The molecule has 2 saturated carbocycles. The van der Waals surface area contributed by atoms with Crippen molar-refractivity contribution < 1.29 is 0 Å². The Bertz CT molecular complexity index is 2620. The van der Waals surface area contributed by atoms with Crippen LogP contribution < -0.4 is 0 Å². The molecule has 0 nitrogen and oxygen atoms in total. The topological polar surface area (TPSA) is 0 Å². The van der Waals surface area contributed by atoms with E-state index in [1.54, 1.807) is 33.4 Å². The van der Waals surface area contributed by atoms with Gasteiger partial charge < -0.3 is 0 Å². The second-order valence-corrected chi connectivity index (χ2v) is 17.0. The molecular formula is C52H44. The van der Waals surface area contributed by atoms with Crippen LogP contribution in [0.1, 0.15) is 92.4 Å². The van der Waals surface area contributed by atoms with Gasteiger partial charge in [0, 0.05) is 16.7 Å². The van der Waals surface area contributed by atoms with Crippen LogP contribution in [0.3, 0.4) is 0 Å². The van der Waals surface area contributed by atoms with Crippen LogP contribution in [0.15, 0.2) is 139 Å². The van der Waals surface area contributed by atoms with Crippen LogP contribution in [0.5, 0.6) is 0 Å². The number of hydrogen-bond donors (Lipinski definition) is 0. The first-order valence-corrected chi connectivity index (χ1v) is 20.2. The van der Waals surface area contributed by atoms with E-state index in [4.69, 9.17) is 0 Å². The number of rotatable bonds is 2. The Morgan fingerprint density at radius 1 is 0.462 bits per heavy atom. The molecule has 2 atom stereocenters. The summed E-state index contributed by atoms with van der Waals surface area (Å²) in [5, 5.41) is 8.09. The number of allylic oxidation sites excluding steroid dienone is 4. The van der Waals surface area contributed by atoms with E-state index in [-0.39, 0.29) is 10.8 Å². The lowest BCUT2D eigenvalue weighted by Gasteiger charge is -2.43. The maximum absolute atomic E-state index is 2.82. The van der Waals surface area contributed by atoms with Gasteiger partial charge in [0.2, 0.25) is 0 Å². The van der Waals surface area contributed by atoms with Crippen molar-refractivity contribution in [1.29, 1.82) is 0 Å². The Morgan fingerprint density at radius 3 is 1.94 bits per heavy atom. The zero-order valence-corrected chi connectivity index (χ0v) is 29.9. The second kappa shape index (κ2) is 10.8. The summed E-state index contributed by atoms with van der Waals surface area (Å²) in [6, 6.07) is 47.1. The Labute approximate surface area is 307 Å². The molecular weight excluding hydrogens is 625 g/mol. The maximum Gasteiger partial charge on any atom is 0.0212 e. The Hall–Kier alpha value is -4.94. The van der Waals surface area contributed by atoms with Crippen LogP contribution >= 0.6 is 0 Å². The molecule has 52 heavy (non-hydrogen) atoms. The van der Waals surface area contributed by atoms with Gasteiger partial charge in [-0.15, -0.1) is 0 Å². The fraction of sp³-hybridized carbons (Fsp3) is 0.269. The van der Waals surface area contributed by atoms with Crippen molar-refractivity contribution in [1.82, 2.24) is 0 Å². The monoisotopic (exact) mass is 668 g/mol. The molecule has 0 aliphatic heterocycles. The summed E-state index contributed by atoms with van der Waals surface area (Å²) in [6.07, 6.45) is 19.1. The van der Waals surface area contributed by atoms with Gasteiger partial charge in [-0.25, -0.2) is 0 Å². The first-order valence-electron chi connectivity index (χ1n) is 20.2. The first kappa shape index (κ1) is 29.6. The van der Waals surface area contributed by atoms with Gasteiger partial charge in [0.25, 0.3) is 0 Å². The van der Waals surface area contributed by atoms with Crippen molar-refractivity contribution in [3.05, 3.63) is 161 Å². The molecule has 5 aliphatic rings. The number of fused-ring (bicyclic) bond motifs is 10. The van der Waals surface area contributed by atoms with Crippen molar-refractivity contribution >= 4 is 37.9 Å². The second-order valence-electron chi connectivity index (χ2n) is 17.0. The third-order valence-corrected chi connectivity index (χ3v) is 14.7. The van der Waals surface area contributed by atoms with Crippen LogP contribution in [-0.2, 0) is 10.8 Å². The molecule has 252 valence electrons. The summed E-state index contributed by atoms with van der Waals surface area (Å²) in [5.41, 5.74) is 15.5. The summed E-state index contributed by atoms with van der Waals surface area (Å²) >= 11 is 0. The fourth-order valence-electron chi connectivity index (χ4n) is 12.4. The molecule has 7 aromatic carbocycles. The van der Waals surface area contributed by atoms with Gasteiger partial charge in [-0.05, 0) is 120 Å². The standard InChI is InChI=1S/C52H44/c1-5-26-51(27-6-1)45-13-4-3-12-40(45)43-31-48-44(32-47(43)51)41-24-22-38(30-46(41)52(48)28-7-2-8-29-52)33-14-16-34(17-15-33)39-23-20-37-19-18-35-10-9-11-36-21-25-42(39)50(37)49(35)36/h3-4,9-25,30-32,44,48H,1-2,5-8,26-29H2. The van der Waals surface area contributed by atoms with Gasteiger partial charge in [-0.2, -0.15) is 0 Å². The summed E-state index contributed by atoms with van der Waals surface area (Å²) in [7, 11) is 0. The van der Waals surface area contributed by atoms with Crippen LogP contribution in [0, 0.1) is 5.92 Å². The van der Waals surface area contributed by atoms with E-state index in [0.717, 1.165) is 0 Å². The lowest BCUT2D eigenvalue weighted by atomic mass is 9.61. The van der Waals surface area contributed by atoms with Gasteiger partial charge in [0.1, 0.15) is 0 Å². The smallest absolute Gasteiger partial charge is 0.0212 e. The van der Waals surface area contributed by atoms with Crippen molar-refractivity contribution in [2.45, 2.75) is 81.0 Å². The van der Waals surface area contributed by atoms with Gasteiger partial charge in [-0.3, -0.25) is 0 Å². The highest BCUT2D eigenvalue weighted by Crippen LogP contribution is 2.66. The van der Waals surface area contributed by atoms with E-state index in [1.807, 2.05) is 0 Å². The average Bonchev–Trinajstić information content (AvgIpc) is 3.62. The highest BCUT2D eigenvalue weighted by atomic mass is 14.6. The summed E-state index contributed by atoms with van der Waals surface area (Å²) in [6.45, 7) is 0. The first-order chi connectivity index (χ1) is 25.7. The van der Waals surface area contributed by atoms with Gasteiger partial charge in [-0.1, -0.05) is 172 Å². The minimum Gasteiger partial charge on any atom is -0.0716 e. The Morgan fingerprint density at radius 2 is 1.13 bits per heavy atom. The van der Waals surface area contributed by atoms with Crippen LogP contribution in [0.2, 0.25) is 0 Å². The predicted octanol–water partition coefficient (Wildman–Crippen LogP) is 14.1. The molecule has 0 amide bonds. The zero-order valence-electron chi connectivity index (χ0n) is 29.9. The van der Waals surface area contributed by atoms with Crippen molar-refractivity contribution in [3.8, 4) is 22.3 Å². The summed E-state index contributed by atoms with van der Waals surface area (Å²) in [5.74, 6) is 1.05. The molecule has 0 N–H and O–H groups in total.